The van der Waals surface area contributed by atoms with Crippen molar-refractivity contribution in [3.05, 3.63) is 59.7 Å². The summed E-state index contributed by atoms with van der Waals surface area (Å²) in [5.41, 5.74) is 3.32. The van der Waals surface area contributed by atoms with Crippen molar-refractivity contribution in [1.29, 1.82) is 0 Å². The van der Waals surface area contributed by atoms with E-state index >= 15 is 0 Å². The third kappa shape index (κ3) is 4.57. The van der Waals surface area contributed by atoms with Gasteiger partial charge in [0.2, 0.25) is 0 Å². The minimum atomic E-state index is -0.0373. The number of benzene rings is 2. The first kappa shape index (κ1) is 18.3. The first-order valence-corrected chi connectivity index (χ1v) is 9.38. The molecule has 0 aromatic heterocycles. The summed E-state index contributed by atoms with van der Waals surface area (Å²) < 4.78 is 5.24. The molecule has 1 N–H and O–H groups in total. The van der Waals surface area contributed by atoms with Crippen molar-refractivity contribution in [3.8, 4) is 5.75 Å². The third-order valence-corrected chi connectivity index (χ3v) is 5.05. The minimum Gasteiger partial charge on any atom is -0.497 e. The topological polar surface area (TPSA) is 41.6 Å². The summed E-state index contributed by atoms with van der Waals surface area (Å²) in [6.07, 6.45) is 3.32. The number of anilines is 1. The normalized spacial score (nSPS) is 14.6. The Balaban J connectivity index is 1.73. The maximum absolute atomic E-state index is 12.9. The lowest BCUT2D eigenvalue weighted by atomic mass is 10.00. The summed E-state index contributed by atoms with van der Waals surface area (Å²) >= 11 is 0. The predicted octanol–water partition coefficient (Wildman–Crippen LogP) is 4.88. The van der Waals surface area contributed by atoms with Gasteiger partial charge in [-0.1, -0.05) is 35.9 Å². The van der Waals surface area contributed by atoms with Crippen LogP contribution in [0.15, 0.2) is 48.5 Å². The number of carbonyl (C=O) groups is 1. The van der Waals surface area contributed by atoms with Gasteiger partial charge in [-0.15, -0.1) is 0 Å². The molecule has 2 aromatic carbocycles. The number of aryl methyl sites for hydroxylation is 1. The average molecular weight is 352 g/mol. The van der Waals surface area contributed by atoms with E-state index in [0.29, 0.717) is 12.5 Å². The monoisotopic (exact) mass is 352 g/mol. The number of likely N-dealkylation sites (N-methyl/N-ethyl adjacent to an activating group) is 1. The molecule has 3 rings (SSSR count). The molecule has 0 aliphatic heterocycles. The molecule has 0 bridgehead atoms. The highest BCUT2D eigenvalue weighted by Crippen LogP contribution is 2.37. The molecule has 1 fully saturated rings. The molecule has 26 heavy (non-hydrogen) atoms. The SMILES string of the molecule is CCN(C(=O)Nc1cccc(OC)c1)[C@H](Cc1ccc(C)cc1)C1CC1. The lowest BCUT2D eigenvalue weighted by Crippen LogP contribution is -2.45. The summed E-state index contributed by atoms with van der Waals surface area (Å²) in [5.74, 6) is 1.34. The van der Waals surface area contributed by atoms with E-state index in [4.69, 9.17) is 4.74 Å². The Morgan fingerprint density at radius 3 is 2.58 bits per heavy atom. The molecule has 0 spiro atoms. The first-order valence-electron chi connectivity index (χ1n) is 9.38. The molecule has 1 aliphatic carbocycles. The van der Waals surface area contributed by atoms with Crippen LogP contribution in [0, 0.1) is 12.8 Å². The van der Waals surface area contributed by atoms with Gasteiger partial charge in [0.05, 0.1) is 7.11 Å². The fraction of sp³-hybridized carbons (Fsp3) is 0.409. The summed E-state index contributed by atoms with van der Waals surface area (Å²) in [5, 5.41) is 3.03. The van der Waals surface area contributed by atoms with E-state index < -0.39 is 0 Å². The zero-order valence-corrected chi connectivity index (χ0v) is 15.9. The standard InChI is InChI=1S/C22H28N2O2/c1-4-24(22(25)23-19-6-5-7-20(15-19)26-3)21(18-12-13-18)14-17-10-8-16(2)9-11-17/h5-11,15,18,21H,4,12-14H2,1-3H3,(H,23,25)/t21-/m1/s1. The highest BCUT2D eigenvalue weighted by molar-refractivity contribution is 5.89. The van der Waals surface area contributed by atoms with Gasteiger partial charge in [-0.3, -0.25) is 0 Å². The molecule has 0 radical (unpaired) electrons. The van der Waals surface area contributed by atoms with Crippen LogP contribution in [-0.2, 0) is 6.42 Å². The van der Waals surface area contributed by atoms with Crippen LogP contribution in [0.5, 0.6) is 5.75 Å². The largest absolute Gasteiger partial charge is 0.497 e. The summed E-state index contributed by atoms with van der Waals surface area (Å²) in [6, 6.07) is 16.3. The number of nitrogens with one attached hydrogen (secondary N) is 1. The number of methoxy groups -OCH3 is 1. The second kappa shape index (κ2) is 8.26. The maximum atomic E-state index is 12.9. The van der Waals surface area contributed by atoms with Crippen LogP contribution in [0.25, 0.3) is 0 Å². The Labute approximate surface area is 156 Å². The molecule has 1 atom stereocenters. The van der Waals surface area contributed by atoms with Crippen LogP contribution in [0.4, 0.5) is 10.5 Å². The lowest BCUT2D eigenvalue weighted by molar-refractivity contribution is 0.182. The number of hydrogen-bond acceptors (Lipinski definition) is 2. The zero-order chi connectivity index (χ0) is 18.5. The first-order chi connectivity index (χ1) is 12.6. The van der Waals surface area contributed by atoms with Crippen molar-refractivity contribution in [3.63, 3.8) is 0 Å². The number of nitrogens with zero attached hydrogens (tertiary/aromatic N) is 1. The van der Waals surface area contributed by atoms with Crippen LogP contribution in [-0.4, -0.2) is 30.6 Å². The van der Waals surface area contributed by atoms with Crippen LogP contribution < -0.4 is 10.1 Å². The molecular weight excluding hydrogens is 324 g/mol. The molecule has 0 saturated heterocycles. The van der Waals surface area contributed by atoms with Gasteiger partial charge in [-0.2, -0.15) is 0 Å². The number of carbonyl (C=O) groups excluding carboxylic acids is 1. The van der Waals surface area contributed by atoms with E-state index in [-0.39, 0.29) is 12.1 Å². The predicted molar refractivity (Wildman–Crippen MR) is 106 cm³/mol. The van der Waals surface area contributed by atoms with Gasteiger partial charge in [0.25, 0.3) is 0 Å². The van der Waals surface area contributed by atoms with Crippen LogP contribution in [0.2, 0.25) is 0 Å². The van der Waals surface area contributed by atoms with Gasteiger partial charge in [0.15, 0.2) is 0 Å². The van der Waals surface area contributed by atoms with Gasteiger partial charge in [-0.05, 0) is 56.7 Å². The van der Waals surface area contributed by atoms with E-state index in [2.05, 4.69) is 43.4 Å². The summed E-state index contributed by atoms with van der Waals surface area (Å²) in [4.78, 5) is 14.9. The molecule has 4 nitrogen and oxygen atoms in total. The van der Waals surface area contributed by atoms with Crippen LogP contribution in [0.3, 0.4) is 0 Å². The summed E-state index contributed by atoms with van der Waals surface area (Å²) in [7, 11) is 1.63. The highest BCUT2D eigenvalue weighted by atomic mass is 16.5. The fourth-order valence-electron chi connectivity index (χ4n) is 3.40. The van der Waals surface area contributed by atoms with Crippen molar-refractivity contribution in [1.82, 2.24) is 4.90 Å². The van der Waals surface area contributed by atoms with E-state index in [1.165, 1.54) is 24.0 Å². The number of rotatable bonds is 7. The van der Waals surface area contributed by atoms with Crippen molar-refractivity contribution < 1.29 is 9.53 Å². The van der Waals surface area contributed by atoms with E-state index in [1.54, 1.807) is 7.11 Å². The smallest absolute Gasteiger partial charge is 0.322 e. The zero-order valence-electron chi connectivity index (χ0n) is 15.9. The minimum absolute atomic E-state index is 0.0373. The molecule has 4 heteroatoms. The van der Waals surface area contributed by atoms with Gasteiger partial charge in [0.1, 0.15) is 5.75 Å². The second-order valence-electron chi connectivity index (χ2n) is 7.04. The fourth-order valence-corrected chi connectivity index (χ4v) is 3.40. The number of hydrogen-bond donors (Lipinski definition) is 1. The van der Waals surface area contributed by atoms with Crippen molar-refractivity contribution in [2.75, 3.05) is 19.0 Å². The molecule has 2 aromatic rings. The van der Waals surface area contributed by atoms with Crippen LogP contribution >= 0.6 is 0 Å². The molecule has 0 heterocycles. The average Bonchev–Trinajstić information content (AvgIpc) is 3.48. The van der Waals surface area contributed by atoms with Gasteiger partial charge < -0.3 is 15.0 Å². The van der Waals surface area contributed by atoms with Gasteiger partial charge in [0, 0.05) is 24.3 Å². The van der Waals surface area contributed by atoms with E-state index in [1.807, 2.05) is 29.2 Å². The Morgan fingerprint density at radius 1 is 1.23 bits per heavy atom. The van der Waals surface area contributed by atoms with Crippen molar-refractivity contribution >= 4 is 11.7 Å². The Bertz CT molecular complexity index is 738. The van der Waals surface area contributed by atoms with Crippen molar-refractivity contribution in [2.45, 2.75) is 39.2 Å². The quantitative estimate of drug-likeness (QED) is 0.772. The third-order valence-electron chi connectivity index (χ3n) is 5.05. The number of urea groups is 1. The molecular formula is C22H28N2O2. The molecule has 138 valence electrons. The maximum Gasteiger partial charge on any atom is 0.322 e. The second-order valence-corrected chi connectivity index (χ2v) is 7.04. The molecule has 2 amide bonds. The van der Waals surface area contributed by atoms with Crippen LogP contribution in [0.1, 0.15) is 30.9 Å². The van der Waals surface area contributed by atoms with Gasteiger partial charge in [-0.25, -0.2) is 4.79 Å². The highest BCUT2D eigenvalue weighted by Gasteiger charge is 2.36. The summed E-state index contributed by atoms with van der Waals surface area (Å²) in [6.45, 7) is 4.85. The van der Waals surface area contributed by atoms with Crippen molar-refractivity contribution in [2.24, 2.45) is 5.92 Å². The Hall–Kier alpha value is -2.49. The van der Waals surface area contributed by atoms with E-state index in [0.717, 1.165) is 17.9 Å². The molecule has 1 aliphatic rings. The number of ether oxygens (including phenoxy) is 1. The Morgan fingerprint density at radius 2 is 1.96 bits per heavy atom. The van der Waals surface area contributed by atoms with E-state index in [9.17, 15) is 4.79 Å². The van der Waals surface area contributed by atoms with Gasteiger partial charge >= 0.3 is 6.03 Å². The molecule has 0 unspecified atom stereocenters. The number of amides is 2. The Kier molecular flexibility index (Phi) is 5.82. The molecule has 1 saturated carbocycles. The lowest BCUT2D eigenvalue weighted by Gasteiger charge is -2.31.